The van der Waals surface area contributed by atoms with Gasteiger partial charge in [0.25, 0.3) is 0 Å². The second kappa shape index (κ2) is 4.45. The van der Waals surface area contributed by atoms with Gasteiger partial charge >= 0.3 is 5.97 Å². The number of ether oxygens (including phenoxy) is 2. The molecule has 0 saturated carbocycles. The summed E-state index contributed by atoms with van der Waals surface area (Å²) in [6, 6.07) is 6.55. The number of aliphatic hydroxyl groups excluding tert-OH is 1. The van der Waals surface area contributed by atoms with Gasteiger partial charge in [-0.3, -0.25) is 0 Å². The predicted molar refractivity (Wildman–Crippen MR) is 60.1 cm³/mol. The third-order valence-corrected chi connectivity index (χ3v) is 2.84. The maximum Gasteiger partial charge on any atom is 0.377 e. The van der Waals surface area contributed by atoms with Gasteiger partial charge in [0.2, 0.25) is 12.0 Å². The maximum absolute atomic E-state index is 11.3. The van der Waals surface area contributed by atoms with E-state index >= 15 is 0 Å². The molecule has 16 heavy (non-hydrogen) atoms. The lowest BCUT2D eigenvalue weighted by atomic mass is 10.3. The molecule has 0 aliphatic carbocycles. The highest BCUT2D eigenvalue weighted by Gasteiger charge is 2.33. The van der Waals surface area contributed by atoms with Crippen molar-refractivity contribution in [2.75, 3.05) is 0 Å². The quantitative estimate of drug-likeness (QED) is 0.851. The molecule has 84 valence electrons. The highest BCUT2D eigenvalue weighted by Crippen LogP contribution is 2.29. The van der Waals surface area contributed by atoms with Crippen LogP contribution in [0.5, 0.6) is 5.75 Å². The topological polar surface area (TPSA) is 55.8 Å². The number of hydrogen-bond donors (Lipinski definition) is 1. The molecular weight excluding hydrogens is 299 g/mol. The number of benzene rings is 1. The first kappa shape index (κ1) is 11.4. The summed E-state index contributed by atoms with van der Waals surface area (Å²) in [5, 5.41) is 9.70. The molecule has 0 spiro atoms. The minimum Gasteiger partial charge on any atom is -0.449 e. The van der Waals surface area contributed by atoms with Gasteiger partial charge < -0.3 is 14.6 Å². The smallest absolute Gasteiger partial charge is 0.377 e. The molecule has 1 aromatic rings. The van der Waals surface area contributed by atoms with E-state index in [2.05, 4.69) is 20.7 Å². The number of hydrogen-bond acceptors (Lipinski definition) is 4. The third kappa shape index (κ3) is 2.21. The van der Waals surface area contributed by atoms with Crippen molar-refractivity contribution in [1.82, 2.24) is 0 Å². The van der Waals surface area contributed by atoms with Crippen molar-refractivity contribution in [2.24, 2.45) is 0 Å². The zero-order chi connectivity index (χ0) is 11.7. The molecule has 1 N–H and O–H groups in total. The Morgan fingerprint density at radius 3 is 2.81 bits per heavy atom. The highest BCUT2D eigenvalue weighted by molar-refractivity contribution is 9.11. The number of halogens is 2. The number of esters is 1. The molecule has 1 heterocycles. The van der Waals surface area contributed by atoms with Crippen molar-refractivity contribution < 1.29 is 19.4 Å². The lowest BCUT2D eigenvalue weighted by Crippen LogP contribution is -2.08. The zero-order valence-corrected chi connectivity index (χ0v) is 10.2. The molecule has 0 bridgehead atoms. The van der Waals surface area contributed by atoms with Crippen LogP contribution in [0.15, 0.2) is 34.5 Å². The van der Waals surface area contributed by atoms with E-state index in [0.717, 1.165) is 0 Å². The molecule has 1 aromatic carbocycles. The molecule has 0 saturated heterocycles. The predicted octanol–water partition coefficient (Wildman–Crippen LogP) is 2.20. The van der Waals surface area contributed by atoms with Crippen LogP contribution in [0.1, 0.15) is 0 Å². The highest BCUT2D eigenvalue weighted by atomic mass is 79.9. The van der Waals surface area contributed by atoms with Crippen LogP contribution in [0.2, 0.25) is 5.02 Å². The number of carbonyl (C=O) groups excluding carboxylic acids is 1. The Hall–Kier alpha value is -1.04. The molecule has 1 aliphatic rings. The van der Waals surface area contributed by atoms with E-state index < -0.39 is 12.3 Å². The average molecular weight is 306 g/mol. The number of rotatable bonds is 2. The van der Waals surface area contributed by atoms with Crippen LogP contribution < -0.4 is 4.74 Å². The molecule has 2 rings (SSSR count). The van der Waals surface area contributed by atoms with Crippen LogP contribution in [-0.4, -0.2) is 17.4 Å². The van der Waals surface area contributed by atoms with E-state index in [1.807, 2.05) is 0 Å². The Labute approximate surface area is 105 Å². The van der Waals surface area contributed by atoms with Gasteiger partial charge in [-0.1, -0.05) is 17.7 Å². The minimum absolute atomic E-state index is 0.0743. The van der Waals surface area contributed by atoms with Crippen molar-refractivity contribution in [3.8, 4) is 5.75 Å². The summed E-state index contributed by atoms with van der Waals surface area (Å²) in [5.41, 5.74) is 0. The van der Waals surface area contributed by atoms with Crippen LogP contribution in [0.3, 0.4) is 0 Å². The Morgan fingerprint density at radius 1 is 1.50 bits per heavy atom. The summed E-state index contributed by atoms with van der Waals surface area (Å²) in [5.74, 6) is -0.403. The second-order valence-corrected chi connectivity index (χ2v) is 4.28. The fourth-order valence-electron chi connectivity index (χ4n) is 1.16. The fourth-order valence-corrected chi connectivity index (χ4v) is 1.67. The molecule has 4 nitrogen and oxygen atoms in total. The lowest BCUT2D eigenvalue weighted by Gasteiger charge is -2.04. The van der Waals surface area contributed by atoms with E-state index in [-0.39, 0.29) is 10.2 Å². The van der Waals surface area contributed by atoms with Crippen molar-refractivity contribution in [2.45, 2.75) is 6.29 Å². The summed E-state index contributed by atoms with van der Waals surface area (Å²) in [4.78, 5) is 11.3. The first-order chi connectivity index (χ1) is 7.58. The Bertz CT molecular complexity index is 472. The minimum atomic E-state index is -1.30. The molecule has 0 radical (unpaired) electrons. The Morgan fingerprint density at radius 2 is 2.25 bits per heavy atom. The zero-order valence-electron chi connectivity index (χ0n) is 7.81. The molecule has 0 fully saturated rings. The molecule has 1 atom stereocenters. The summed E-state index contributed by atoms with van der Waals surface area (Å²) >= 11 is 8.77. The van der Waals surface area contributed by atoms with Gasteiger partial charge in [-0.25, -0.2) is 4.79 Å². The third-order valence-electron chi connectivity index (χ3n) is 1.85. The number of aliphatic hydroxyl groups is 1. The summed E-state index contributed by atoms with van der Waals surface area (Å²) in [7, 11) is 0. The summed E-state index contributed by atoms with van der Waals surface area (Å²) in [6.07, 6.45) is -1.30. The monoisotopic (exact) mass is 304 g/mol. The Kier molecular flexibility index (Phi) is 3.18. The van der Waals surface area contributed by atoms with E-state index in [0.29, 0.717) is 10.8 Å². The van der Waals surface area contributed by atoms with Gasteiger partial charge in [-0.05, 0) is 34.1 Å². The Balaban J connectivity index is 2.25. The molecule has 0 aromatic heterocycles. The summed E-state index contributed by atoms with van der Waals surface area (Å²) in [6.45, 7) is 0. The van der Waals surface area contributed by atoms with E-state index in [9.17, 15) is 9.90 Å². The van der Waals surface area contributed by atoms with Gasteiger partial charge in [0.15, 0.2) is 0 Å². The molecule has 1 unspecified atom stereocenters. The van der Waals surface area contributed by atoms with Gasteiger partial charge in [-0.2, -0.15) is 0 Å². The first-order valence-corrected chi connectivity index (χ1v) is 5.47. The van der Waals surface area contributed by atoms with Crippen molar-refractivity contribution in [3.63, 3.8) is 0 Å². The van der Waals surface area contributed by atoms with Crippen LogP contribution in [0, 0.1) is 0 Å². The van der Waals surface area contributed by atoms with Crippen molar-refractivity contribution >= 4 is 33.5 Å². The number of cyclic esters (lactones) is 1. The van der Waals surface area contributed by atoms with Crippen LogP contribution >= 0.6 is 27.5 Å². The van der Waals surface area contributed by atoms with E-state index in [4.69, 9.17) is 16.3 Å². The molecular formula is C10H6BrClO4. The SMILES string of the molecule is O=C1OC(O)C(Br)=C1Oc1cccc(Cl)c1. The fraction of sp³-hybridized carbons (Fsp3) is 0.100. The average Bonchev–Trinajstić information content (AvgIpc) is 2.45. The number of carbonyl (C=O) groups is 1. The second-order valence-electron chi connectivity index (χ2n) is 2.99. The normalized spacial score (nSPS) is 19.9. The van der Waals surface area contributed by atoms with Gasteiger partial charge in [0.1, 0.15) is 10.2 Å². The van der Waals surface area contributed by atoms with Crippen LogP contribution in [0.25, 0.3) is 0 Å². The van der Waals surface area contributed by atoms with Crippen molar-refractivity contribution in [3.05, 3.63) is 39.5 Å². The van der Waals surface area contributed by atoms with E-state index in [1.54, 1.807) is 24.3 Å². The van der Waals surface area contributed by atoms with Crippen LogP contribution in [0.4, 0.5) is 0 Å². The lowest BCUT2D eigenvalue weighted by molar-refractivity contribution is -0.153. The maximum atomic E-state index is 11.3. The molecule has 6 heteroatoms. The molecule has 0 amide bonds. The van der Waals surface area contributed by atoms with Gasteiger partial charge in [0.05, 0.1) is 0 Å². The van der Waals surface area contributed by atoms with Crippen LogP contribution in [-0.2, 0) is 9.53 Å². The van der Waals surface area contributed by atoms with E-state index in [1.165, 1.54) is 0 Å². The standard InChI is InChI=1S/C10H6BrClO4/c11-7-8(10(14)16-9(7)13)15-6-3-1-2-5(12)4-6/h1-4,9,13H. The molecule has 1 aliphatic heterocycles. The largest absolute Gasteiger partial charge is 0.449 e. The van der Waals surface area contributed by atoms with Crippen molar-refractivity contribution in [1.29, 1.82) is 0 Å². The summed E-state index contributed by atoms with van der Waals surface area (Å²) < 4.78 is 9.96. The van der Waals surface area contributed by atoms with Gasteiger partial charge in [0, 0.05) is 5.02 Å². The first-order valence-electron chi connectivity index (χ1n) is 4.30. The van der Waals surface area contributed by atoms with Gasteiger partial charge in [-0.15, -0.1) is 0 Å².